The molecule has 130 valence electrons. The number of fused-ring (bicyclic) bond motifs is 1. The summed E-state index contributed by atoms with van der Waals surface area (Å²) in [4.78, 5) is 26.6. The molecule has 0 bridgehead atoms. The second-order valence-corrected chi connectivity index (χ2v) is 6.53. The number of hydrogen-bond acceptors (Lipinski definition) is 4. The molecular weight excluding hydrogens is 396 g/mol. The Labute approximate surface area is 159 Å². The summed E-state index contributed by atoms with van der Waals surface area (Å²) in [6.45, 7) is 2.07. The molecule has 5 nitrogen and oxygen atoms in total. The molecule has 6 heteroatoms. The van der Waals surface area contributed by atoms with E-state index in [1.54, 1.807) is 31.2 Å². The lowest BCUT2D eigenvalue weighted by Gasteiger charge is -2.19. The fourth-order valence-corrected chi connectivity index (χ4v) is 3.12. The summed E-state index contributed by atoms with van der Waals surface area (Å²) in [7, 11) is 0. The van der Waals surface area contributed by atoms with Gasteiger partial charge in [0.1, 0.15) is 6.07 Å². The number of hydrogen-bond donors (Lipinski definition) is 0. The smallest absolute Gasteiger partial charge is 0.351 e. The summed E-state index contributed by atoms with van der Waals surface area (Å²) < 4.78 is 5.94. The third kappa shape index (κ3) is 3.26. The standard InChI is InChI=1S/C20H15BrN2O3/c1-2-26-20(25)17(11-22)18-15-5-3-4-6-16(15)19(24)23(18)12-13-7-9-14(21)10-8-13/h3-10H,2,12H2,1H3/b18-17-. The first-order chi connectivity index (χ1) is 12.6. The first kappa shape index (κ1) is 17.9. The topological polar surface area (TPSA) is 70.4 Å². The van der Waals surface area contributed by atoms with Gasteiger partial charge >= 0.3 is 5.97 Å². The molecule has 0 spiro atoms. The number of nitriles is 1. The Morgan fingerprint density at radius 3 is 2.42 bits per heavy atom. The summed E-state index contributed by atoms with van der Waals surface area (Å²) in [6.07, 6.45) is 0. The zero-order chi connectivity index (χ0) is 18.7. The molecule has 0 saturated heterocycles. The van der Waals surface area contributed by atoms with Gasteiger partial charge in [-0.05, 0) is 30.7 Å². The zero-order valence-corrected chi connectivity index (χ0v) is 15.6. The molecule has 0 saturated carbocycles. The molecule has 0 unspecified atom stereocenters. The average molecular weight is 411 g/mol. The van der Waals surface area contributed by atoms with Crippen molar-refractivity contribution in [2.45, 2.75) is 13.5 Å². The van der Waals surface area contributed by atoms with Crippen LogP contribution in [-0.4, -0.2) is 23.4 Å². The van der Waals surface area contributed by atoms with Crippen LogP contribution in [0, 0.1) is 11.3 Å². The SMILES string of the molecule is CCOC(=O)/C(C#N)=C1/c2ccccc2C(=O)N1Cc1ccc(Br)cc1. The lowest BCUT2D eigenvalue weighted by molar-refractivity contribution is -0.137. The van der Waals surface area contributed by atoms with E-state index in [0.29, 0.717) is 16.8 Å². The van der Waals surface area contributed by atoms with Gasteiger partial charge in [-0.1, -0.05) is 46.3 Å². The number of benzene rings is 2. The Morgan fingerprint density at radius 1 is 1.15 bits per heavy atom. The molecule has 0 aromatic heterocycles. The highest BCUT2D eigenvalue weighted by Gasteiger charge is 2.36. The van der Waals surface area contributed by atoms with Crippen LogP contribution in [0.1, 0.15) is 28.4 Å². The minimum absolute atomic E-state index is 0.152. The number of rotatable bonds is 4. The minimum Gasteiger partial charge on any atom is -0.462 e. The van der Waals surface area contributed by atoms with Crippen molar-refractivity contribution in [2.75, 3.05) is 6.61 Å². The fraction of sp³-hybridized carbons (Fsp3) is 0.150. The predicted octanol–water partition coefficient (Wildman–Crippen LogP) is 3.90. The highest BCUT2D eigenvalue weighted by atomic mass is 79.9. The summed E-state index contributed by atoms with van der Waals surface area (Å²) in [5.74, 6) is -0.967. The van der Waals surface area contributed by atoms with E-state index in [2.05, 4.69) is 15.9 Å². The number of halogens is 1. The molecule has 1 aliphatic heterocycles. The van der Waals surface area contributed by atoms with Crippen molar-refractivity contribution >= 4 is 33.5 Å². The van der Waals surface area contributed by atoms with E-state index < -0.39 is 5.97 Å². The third-order valence-electron chi connectivity index (χ3n) is 4.01. The Bertz CT molecular complexity index is 942. The van der Waals surface area contributed by atoms with Crippen LogP contribution in [0.4, 0.5) is 0 Å². The first-order valence-corrected chi connectivity index (χ1v) is 8.83. The molecule has 0 atom stereocenters. The monoisotopic (exact) mass is 410 g/mol. The van der Waals surface area contributed by atoms with E-state index >= 15 is 0 Å². The maximum Gasteiger partial charge on any atom is 0.351 e. The van der Waals surface area contributed by atoms with Gasteiger partial charge in [-0.2, -0.15) is 5.26 Å². The molecule has 0 radical (unpaired) electrons. The van der Waals surface area contributed by atoms with Gasteiger partial charge in [0, 0.05) is 15.6 Å². The summed E-state index contributed by atoms with van der Waals surface area (Å²) in [5, 5.41) is 9.56. The van der Waals surface area contributed by atoms with Gasteiger partial charge in [0.15, 0.2) is 5.57 Å². The largest absolute Gasteiger partial charge is 0.462 e. The Hall–Kier alpha value is -2.91. The second kappa shape index (κ2) is 7.54. The van der Waals surface area contributed by atoms with Crippen LogP contribution < -0.4 is 0 Å². The van der Waals surface area contributed by atoms with Gasteiger partial charge in [-0.3, -0.25) is 4.79 Å². The molecule has 26 heavy (non-hydrogen) atoms. The molecule has 3 rings (SSSR count). The number of nitrogens with zero attached hydrogens (tertiary/aromatic N) is 2. The van der Waals surface area contributed by atoms with Crippen LogP contribution in [-0.2, 0) is 16.1 Å². The predicted molar refractivity (Wildman–Crippen MR) is 99.6 cm³/mol. The van der Waals surface area contributed by atoms with Crippen molar-refractivity contribution in [3.8, 4) is 6.07 Å². The summed E-state index contributed by atoms with van der Waals surface area (Å²) in [6, 6.07) is 16.4. The molecule has 2 aromatic carbocycles. The van der Waals surface area contributed by atoms with Crippen LogP contribution in [0.15, 0.2) is 58.6 Å². The van der Waals surface area contributed by atoms with Gasteiger partial charge in [0.05, 0.1) is 18.8 Å². The summed E-state index contributed by atoms with van der Waals surface area (Å²) >= 11 is 3.38. The van der Waals surface area contributed by atoms with Crippen molar-refractivity contribution in [3.63, 3.8) is 0 Å². The minimum atomic E-state index is -0.727. The van der Waals surface area contributed by atoms with Gasteiger partial charge < -0.3 is 9.64 Å². The number of carbonyl (C=O) groups is 2. The highest BCUT2D eigenvalue weighted by Crippen LogP contribution is 2.36. The molecule has 0 N–H and O–H groups in total. The van der Waals surface area contributed by atoms with E-state index in [1.165, 1.54) is 4.90 Å². The van der Waals surface area contributed by atoms with Crippen LogP contribution in [0.5, 0.6) is 0 Å². The number of carbonyl (C=O) groups excluding carboxylic acids is 2. The average Bonchev–Trinajstić information content (AvgIpc) is 2.91. The molecule has 2 aromatic rings. The highest BCUT2D eigenvalue weighted by molar-refractivity contribution is 9.10. The van der Waals surface area contributed by atoms with Gasteiger partial charge in [0.25, 0.3) is 5.91 Å². The van der Waals surface area contributed by atoms with Crippen molar-refractivity contribution in [3.05, 3.63) is 75.3 Å². The normalized spacial score (nSPS) is 14.7. The zero-order valence-electron chi connectivity index (χ0n) is 14.0. The Balaban J connectivity index is 2.12. The molecule has 1 aliphatic rings. The lowest BCUT2D eigenvalue weighted by Crippen LogP contribution is -2.25. The number of amides is 1. The lowest BCUT2D eigenvalue weighted by atomic mass is 10.0. The molecule has 1 amide bonds. The van der Waals surface area contributed by atoms with E-state index in [1.807, 2.05) is 30.3 Å². The number of esters is 1. The number of ether oxygens (including phenoxy) is 1. The van der Waals surface area contributed by atoms with Crippen LogP contribution in [0.25, 0.3) is 5.70 Å². The van der Waals surface area contributed by atoms with E-state index in [0.717, 1.165) is 10.0 Å². The van der Waals surface area contributed by atoms with Crippen LogP contribution in [0.3, 0.4) is 0 Å². The molecule has 0 aliphatic carbocycles. The third-order valence-corrected chi connectivity index (χ3v) is 4.54. The second-order valence-electron chi connectivity index (χ2n) is 5.62. The Kier molecular flexibility index (Phi) is 5.19. The van der Waals surface area contributed by atoms with Crippen LogP contribution in [0.2, 0.25) is 0 Å². The van der Waals surface area contributed by atoms with Crippen molar-refractivity contribution in [1.29, 1.82) is 5.26 Å². The van der Waals surface area contributed by atoms with E-state index in [-0.39, 0.29) is 24.6 Å². The fourth-order valence-electron chi connectivity index (χ4n) is 2.86. The maximum atomic E-state index is 12.9. The molecule has 0 fully saturated rings. The van der Waals surface area contributed by atoms with Crippen LogP contribution >= 0.6 is 15.9 Å². The maximum absolute atomic E-state index is 12.9. The first-order valence-electron chi connectivity index (χ1n) is 8.04. The van der Waals surface area contributed by atoms with Gasteiger partial charge in [0.2, 0.25) is 0 Å². The summed E-state index contributed by atoms with van der Waals surface area (Å²) in [5.41, 5.74) is 2.06. The van der Waals surface area contributed by atoms with Crippen molar-refractivity contribution < 1.29 is 14.3 Å². The van der Waals surface area contributed by atoms with Gasteiger partial charge in [-0.15, -0.1) is 0 Å². The Morgan fingerprint density at radius 2 is 1.81 bits per heavy atom. The molecular formula is C20H15BrN2O3. The molecule has 1 heterocycles. The van der Waals surface area contributed by atoms with E-state index in [9.17, 15) is 14.9 Å². The van der Waals surface area contributed by atoms with Gasteiger partial charge in [-0.25, -0.2) is 4.79 Å². The quantitative estimate of drug-likeness (QED) is 0.435. The van der Waals surface area contributed by atoms with Crippen molar-refractivity contribution in [2.24, 2.45) is 0 Å². The van der Waals surface area contributed by atoms with E-state index in [4.69, 9.17) is 4.74 Å². The van der Waals surface area contributed by atoms with Crippen molar-refractivity contribution in [1.82, 2.24) is 4.90 Å².